The highest BCUT2D eigenvalue weighted by Crippen LogP contribution is 2.36. The van der Waals surface area contributed by atoms with Gasteiger partial charge in [0.25, 0.3) is 5.91 Å². The summed E-state index contributed by atoms with van der Waals surface area (Å²) >= 11 is 0. The van der Waals surface area contributed by atoms with Crippen LogP contribution in [0.4, 0.5) is 5.69 Å². The Morgan fingerprint density at radius 3 is 2.63 bits per heavy atom. The van der Waals surface area contributed by atoms with E-state index in [2.05, 4.69) is 5.32 Å². The Kier molecular flexibility index (Phi) is 5.15. The number of fused-ring (bicyclic) bond motifs is 3. The van der Waals surface area contributed by atoms with Crippen molar-refractivity contribution in [3.63, 3.8) is 0 Å². The van der Waals surface area contributed by atoms with Crippen LogP contribution < -0.4 is 10.1 Å². The van der Waals surface area contributed by atoms with Crippen LogP contribution in [0.2, 0.25) is 0 Å². The van der Waals surface area contributed by atoms with Crippen LogP contribution in [0.3, 0.4) is 0 Å². The number of carbonyl (C=O) groups excluding carboxylic acids is 2. The zero-order valence-corrected chi connectivity index (χ0v) is 17.3. The molecule has 1 aliphatic rings. The maximum atomic E-state index is 12.6. The lowest BCUT2D eigenvalue weighted by Crippen LogP contribution is -2.32. The SMILES string of the molecule is COc1cc2c(cc1NC(=O)[C@H](C)OC(=O)[C@@H]1CCS(=O)(=O)C1)oc1ccccc12. The molecule has 2 aromatic carbocycles. The number of nitrogens with one attached hydrogen (secondary N) is 1. The molecule has 3 aromatic rings. The van der Waals surface area contributed by atoms with Crippen LogP contribution >= 0.6 is 0 Å². The predicted octanol–water partition coefficient (Wildman–Crippen LogP) is 2.90. The molecule has 1 saturated heterocycles. The fourth-order valence-corrected chi connectivity index (χ4v) is 5.28. The highest BCUT2D eigenvalue weighted by molar-refractivity contribution is 7.91. The number of hydrogen-bond acceptors (Lipinski definition) is 7. The molecule has 1 N–H and O–H groups in total. The Hall–Kier alpha value is -3.07. The second kappa shape index (κ2) is 7.64. The standard InChI is InChI=1S/C21H21NO7S/c1-12(28-21(24)13-7-8-30(25,26)11-13)20(23)22-16-10-18-15(9-19(16)27-2)14-5-3-4-6-17(14)29-18/h3-6,9-10,12-13H,7-8,11H2,1-2H3,(H,22,23)/t12-,13+/m0/s1. The lowest BCUT2D eigenvalue weighted by atomic mass is 10.1. The topological polar surface area (TPSA) is 112 Å². The van der Waals surface area contributed by atoms with E-state index >= 15 is 0 Å². The van der Waals surface area contributed by atoms with Gasteiger partial charge in [0.2, 0.25) is 0 Å². The lowest BCUT2D eigenvalue weighted by Gasteiger charge is -2.16. The van der Waals surface area contributed by atoms with Crippen molar-refractivity contribution in [1.29, 1.82) is 0 Å². The Labute approximate surface area is 173 Å². The van der Waals surface area contributed by atoms with Crippen LogP contribution in [-0.2, 0) is 24.2 Å². The second-order valence-corrected chi connectivity index (χ2v) is 9.54. The molecule has 0 bridgehead atoms. The first-order valence-corrected chi connectivity index (χ1v) is 11.3. The molecule has 2 heterocycles. The number of esters is 1. The number of benzene rings is 2. The fraction of sp³-hybridized carbons (Fsp3) is 0.333. The lowest BCUT2D eigenvalue weighted by molar-refractivity contribution is -0.156. The summed E-state index contributed by atoms with van der Waals surface area (Å²) in [5, 5.41) is 4.47. The van der Waals surface area contributed by atoms with Gasteiger partial charge >= 0.3 is 5.97 Å². The van der Waals surface area contributed by atoms with E-state index in [4.69, 9.17) is 13.9 Å². The first-order chi connectivity index (χ1) is 14.3. The number of amides is 1. The van der Waals surface area contributed by atoms with Gasteiger partial charge in [-0.1, -0.05) is 18.2 Å². The van der Waals surface area contributed by atoms with E-state index in [-0.39, 0.29) is 17.9 Å². The van der Waals surface area contributed by atoms with Gasteiger partial charge in [0.05, 0.1) is 30.2 Å². The number of para-hydroxylation sites is 1. The fourth-order valence-electron chi connectivity index (χ4n) is 3.56. The molecular formula is C21H21NO7S. The number of methoxy groups -OCH3 is 1. The van der Waals surface area contributed by atoms with Gasteiger partial charge in [-0.2, -0.15) is 0 Å². The van der Waals surface area contributed by atoms with Gasteiger partial charge in [0, 0.05) is 16.8 Å². The molecule has 1 aliphatic heterocycles. The summed E-state index contributed by atoms with van der Waals surface area (Å²) < 4.78 is 39.5. The van der Waals surface area contributed by atoms with E-state index in [0.29, 0.717) is 22.6 Å². The van der Waals surface area contributed by atoms with Gasteiger partial charge in [-0.3, -0.25) is 9.59 Å². The third-order valence-corrected chi connectivity index (χ3v) is 6.95. The molecule has 158 valence electrons. The Balaban J connectivity index is 1.52. The summed E-state index contributed by atoms with van der Waals surface area (Å²) in [4.78, 5) is 24.8. The quantitative estimate of drug-likeness (QED) is 0.618. The van der Waals surface area contributed by atoms with Gasteiger partial charge in [-0.25, -0.2) is 8.42 Å². The summed E-state index contributed by atoms with van der Waals surface area (Å²) in [6, 6.07) is 11.0. The van der Waals surface area contributed by atoms with Crippen LogP contribution in [0.1, 0.15) is 13.3 Å². The van der Waals surface area contributed by atoms with Crippen LogP contribution in [0, 0.1) is 5.92 Å². The van der Waals surface area contributed by atoms with Crippen LogP contribution in [0.25, 0.3) is 21.9 Å². The summed E-state index contributed by atoms with van der Waals surface area (Å²) in [6.07, 6.45) is -0.886. The van der Waals surface area contributed by atoms with Crippen LogP contribution in [0.15, 0.2) is 40.8 Å². The van der Waals surface area contributed by atoms with Crippen LogP contribution in [-0.4, -0.2) is 45.0 Å². The number of rotatable bonds is 5. The average Bonchev–Trinajstić information content (AvgIpc) is 3.26. The van der Waals surface area contributed by atoms with Crippen molar-refractivity contribution < 1.29 is 31.9 Å². The monoisotopic (exact) mass is 431 g/mol. The van der Waals surface area contributed by atoms with Crippen molar-refractivity contribution in [2.24, 2.45) is 5.92 Å². The molecular weight excluding hydrogens is 410 g/mol. The van der Waals surface area contributed by atoms with E-state index < -0.39 is 33.7 Å². The Morgan fingerprint density at radius 2 is 1.93 bits per heavy atom. The molecule has 0 spiro atoms. The Bertz CT molecular complexity index is 1240. The van der Waals surface area contributed by atoms with Crippen molar-refractivity contribution in [3.05, 3.63) is 36.4 Å². The van der Waals surface area contributed by atoms with Crippen molar-refractivity contribution in [1.82, 2.24) is 0 Å². The highest BCUT2D eigenvalue weighted by atomic mass is 32.2. The summed E-state index contributed by atoms with van der Waals surface area (Å²) in [5.41, 5.74) is 1.67. The number of anilines is 1. The molecule has 0 aliphatic carbocycles. The molecule has 1 aromatic heterocycles. The molecule has 9 heteroatoms. The first kappa shape index (κ1) is 20.2. The zero-order valence-electron chi connectivity index (χ0n) is 16.5. The molecule has 0 saturated carbocycles. The molecule has 2 atom stereocenters. The molecule has 30 heavy (non-hydrogen) atoms. The van der Waals surface area contributed by atoms with E-state index in [1.807, 2.05) is 24.3 Å². The maximum Gasteiger partial charge on any atom is 0.310 e. The van der Waals surface area contributed by atoms with E-state index in [1.54, 1.807) is 12.1 Å². The van der Waals surface area contributed by atoms with E-state index in [0.717, 1.165) is 10.8 Å². The maximum absolute atomic E-state index is 12.6. The molecule has 0 unspecified atom stereocenters. The normalized spacial score (nSPS) is 18.9. The molecule has 1 fully saturated rings. The highest BCUT2D eigenvalue weighted by Gasteiger charge is 2.35. The second-order valence-electron chi connectivity index (χ2n) is 7.32. The summed E-state index contributed by atoms with van der Waals surface area (Å²) in [7, 11) is -1.73. The molecule has 4 rings (SSSR count). The summed E-state index contributed by atoms with van der Waals surface area (Å²) in [5.74, 6) is -1.82. The number of ether oxygens (including phenoxy) is 2. The van der Waals surface area contributed by atoms with Gasteiger partial charge in [0.15, 0.2) is 15.9 Å². The van der Waals surface area contributed by atoms with Gasteiger partial charge < -0.3 is 19.2 Å². The average molecular weight is 431 g/mol. The Morgan fingerprint density at radius 1 is 1.17 bits per heavy atom. The van der Waals surface area contributed by atoms with Gasteiger partial charge in [-0.15, -0.1) is 0 Å². The predicted molar refractivity (Wildman–Crippen MR) is 111 cm³/mol. The molecule has 0 radical (unpaired) electrons. The third kappa shape index (κ3) is 3.85. The van der Waals surface area contributed by atoms with Gasteiger partial charge in [0.1, 0.15) is 16.9 Å². The largest absolute Gasteiger partial charge is 0.495 e. The van der Waals surface area contributed by atoms with E-state index in [9.17, 15) is 18.0 Å². The number of carbonyl (C=O) groups is 2. The third-order valence-electron chi connectivity index (χ3n) is 5.18. The number of furan rings is 1. The van der Waals surface area contributed by atoms with Crippen molar-refractivity contribution >= 4 is 49.3 Å². The number of sulfone groups is 1. The molecule has 1 amide bonds. The smallest absolute Gasteiger partial charge is 0.310 e. The van der Waals surface area contributed by atoms with Crippen molar-refractivity contribution in [2.45, 2.75) is 19.4 Å². The number of hydrogen-bond donors (Lipinski definition) is 1. The van der Waals surface area contributed by atoms with Crippen molar-refractivity contribution in [2.75, 3.05) is 23.9 Å². The van der Waals surface area contributed by atoms with Crippen LogP contribution in [0.5, 0.6) is 5.75 Å². The minimum atomic E-state index is -3.21. The minimum absolute atomic E-state index is 0.0396. The van der Waals surface area contributed by atoms with E-state index in [1.165, 1.54) is 14.0 Å². The van der Waals surface area contributed by atoms with Gasteiger partial charge in [-0.05, 0) is 25.5 Å². The zero-order chi connectivity index (χ0) is 21.5. The molecule has 8 nitrogen and oxygen atoms in total. The first-order valence-electron chi connectivity index (χ1n) is 9.48. The minimum Gasteiger partial charge on any atom is -0.495 e. The van der Waals surface area contributed by atoms with Crippen molar-refractivity contribution in [3.8, 4) is 5.75 Å². The summed E-state index contributed by atoms with van der Waals surface area (Å²) in [6.45, 7) is 1.43.